The van der Waals surface area contributed by atoms with Crippen molar-refractivity contribution in [1.82, 2.24) is 9.80 Å². The smallest absolute Gasteiger partial charge is 0.338 e. The van der Waals surface area contributed by atoms with E-state index >= 15 is 0 Å². The van der Waals surface area contributed by atoms with E-state index in [0.717, 1.165) is 41.0 Å². The van der Waals surface area contributed by atoms with Crippen molar-refractivity contribution in [3.63, 3.8) is 0 Å². The Morgan fingerprint density at radius 2 is 2.00 bits per heavy atom. The molecule has 2 aromatic carbocycles. The Kier molecular flexibility index (Phi) is 6.42. The third-order valence-corrected chi connectivity index (χ3v) is 7.18. The van der Waals surface area contributed by atoms with Crippen molar-refractivity contribution in [1.29, 1.82) is 0 Å². The number of piperazine rings is 1. The van der Waals surface area contributed by atoms with Gasteiger partial charge in [0.05, 0.1) is 36.4 Å². The van der Waals surface area contributed by atoms with Crippen molar-refractivity contribution in [2.24, 2.45) is 16.8 Å². The van der Waals surface area contributed by atoms with Crippen molar-refractivity contribution in [3.05, 3.63) is 64.2 Å². The molecule has 3 aliphatic heterocycles. The topological polar surface area (TPSA) is 127 Å². The number of anilines is 1. The molecule has 10 nitrogen and oxygen atoms in total. The largest absolute Gasteiger partial charge is 0.457 e. The van der Waals surface area contributed by atoms with Crippen LogP contribution in [0.3, 0.4) is 0 Å². The summed E-state index contributed by atoms with van der Waals surface area (Å²) in [6.45, 7) is 5.84. The number of carbonyl (C=O) groups is 2. The third kappa shape index (κ3) is 4.60. The van der Waals surface area contributed by atoms with Crippen molar-refractivity contribution < 1.29 is 19.1 Å². The number of hydrazone groups is 1. The second kappa shape index (κ2) is 9.65. The van der Waals surface area contributed by atoms with Crippen molar-refractivity contribution in [3.8, 4) is 0 Å². The van der Waals surface area contributed by atoms with E-state index in [-0.39, 0.29) is 24.0 Å². The minimum Gasteiger partial charge on any atom is -0.457 e. The lowest BCUT2D eigenvalue weighted by molar-refractivity contribution is -0.139. The maximum Gasteiger partial charge on any atom is 0.338 e. The molecule has 35 heavy (non-hydrogen) atoms. The zero-order valence-electron chi connectivity index (χ0n) is 19.7. The van der Waals surface area contributed by atoms with Crippen LogP contribution in [0.1, 0.15) is 38.7 Å². The number of cyclic esters (lactones) is 1. The number of esters is 1. The van der Waals surface area contributed by atoms with Crippen LogP contribution in [0.5, 0.6) is 0 Å². The Bertz CT molecular complexity index is 1150. The van der Waals surface area contributed by atoms with E-state index in [9.17, 15) is 9.59 Å². The number of hydrogen-bond donors (Lipinski definition) is 2. The Balaban J connectivity index is 1.18. The van der Waals surface area contributed by atoms with Crippen molar-refractivity contribution in [2.75, 3.05) is 37.8 Å². The number of fused-ring (bicyclic) bond motifs is 2. The van der Waals surface area contributed by atoms with Crippen LogP contribution in [-0.2, 0) is 27.3 Å². The Morgan fingerprint density at radius 1 is 1.20 bits per heavy atom. The molecule has 0 bridgehead atoms. The van der Waals surface area contributed by atoms with Crippen LogP contribution in [0.2, 0.25) is 0 Å². The van der Waals surface area contributed by atoms with Crippen molar-refractivity contribution in [2.45, 2.75) is 32.1 Å². The van der Waals surface area contributed by atoms with Gasteiger partial charge in [-0.1, -0.05) is 18.2 Å². The molecule has 184 valence electrons. The molecule has 1 unspecified atom stereocenters. The molecule has 3 aliphatic rings. The molecule has 2 aromatic rings. The fourth-order valence-corrected chi connectivity index (χ4v) is 5.13. The molecule has 1 amide bonds. The number of hydrogen-bond acceptors (Lipinski definition) is 8. The highest BCUT2D eigenvalue weighted by Gasteiger charge is 2.36. The van der Waals surface area contributed by atoms with Gasteiger partial charge >= 0.3 is 5.97 Å². The lowest BCUT2D eigenvalue weighted by Gasteiger charge is -2.46. The lowest BCUT2D eigenvalue weighted by Crippen LogP contribution is -2.59. The summed E-state index contributed by atoms with van der Waals surface area (Å²) in [6, 6.07) is 11.5. The normalized spacial score (nSPS) is 22.1. The monoisotopic (exact) mass is 478 g/mol. The van der Waals surface area contributed by atoms with E-state index in [1.54, 1.807) is 0 Å². The average molecular weight is 479 g/mol. The first-order valence-electron chi connectivity index (χ1n) is 11.7. The van der Waals surface area contributed by atoms with Gasteiger partial charge in [-0.05, 0) is 41.8 Å². The molecule has 2 atom stereocenters. The van der Waals surface area contributed by atoms with E-state index in [0.29, 0.717) is 38.3 Å². The molecule has 0 aliphatic carbocycles. The SMILES string of the molecule is Cc1c(C2CN3CCN(C(=O)Cc4ccc(N(N)/C=N\N)cc4)C[C@H]3CO2)ccc2c1COC2=O. The van der Waals surface area contributed by atoms with Crippen LogP contribution < -0.4 is 16.7 Å². The van der Waals surface area contributed by atoms with Crippen LogP contribution in [0.4, 0.5) is 5.69 Å². The van der Waals surface area contributed by atoms with Gasteiger partial charge in [-0.15, -0.1) is 0 Å². The second-order valence-corrected chi connectivity index (χ2v) is 9.21. The molecule has 0 aromatic heterocycles. The fourth-order valence-electron chi connectivity index (χ4n) is 5.13. The zero-order valence-corrected chi connectivity index (χ0v) is 19.7. The summed E-state index contributed by atoms with van der Waals surface area (Å²) in [6.07, 6.45) is 1.60. The van der Waals surface area contributed by atoms with Gasteiger partial charge < -0.3 is 20.2 Å². The number of hydrazine groups is 1. The van der Waals surface area contributed by atoms with Crippen LogP contribution >= 0.6 is 0 Å². The van der Waals surface area contributed by atoms with Crippen LogP contribution in [0.25, 0.3) is 0 Å². The predicted octanol–water partition coefficient (Wildman–Crippen LogP) is 1.07. The maximum atomic E-state index is 13.0. The summed E-state index contributed by atoms with van der Waals surface area (Å²) in [4.78, 5) is 29.2. The molecule has 0 spiro atoms. The van der Waals surface area contributed by atoms with E-state index in [4.69, 9.17) is 21.2 Å². The highest BCUT2D eigenvalue weighted by atomic mass is 16.5. The summed E-state index contributed by atoms with van der Waals surface area (Å²) in [5.41, 5.74) is 5.46. The molecule has 0 radical (unpaired) electrons. The first-order chi connectivity index (χ1) is 16.9. The molecular weight excluding hydrogens is 448 g/mol. The minimum absolute atomic E-state index is 0.0561. The summed E-state index contributed by atoms with van der Waals surface area (Å²) < 4.78 is 11.5. The second-order valence-electron chi connectivity index (χ2n) is 9.21. The van der Waals surface area contributed by atoms with Gasteiger partial charge in [0, 0.05) is 31.7 Å². The minimum atomic E-state index is -0.251. The van der Waals surface area contributed by atoms with E-state index in [1.807, 2.05) is 48.2 Å². The summed E-state index contributed by atoms with van der Waals surface area (Å²) in [5.74, 6) is 10.8. The first-order valence-corrected chi connectivity index (χ1v) is 11.7. The summed E-state index contributed by atoms with van der Waals surface area (Å²) >= 11 is 0. The fraction of sp³-hybridized carbons (Fsp3) is 0.400. The number of carbonyl (C=O) groups excluding carboxylic acids is 2. The Morgan fingerprint density at radius 3 is 2.77 bits per heavy atom. The highest BCUT2D eigenvalue weighted by Crippen LogP contribution is 2.33. The number of nitrogens with two attached hydrogens (primary N) is 2. The Labute approximate surface area is 204 Å². The maximum absolute atomic E-state index is 13.0. The molecule has 10 heteroatoms. The standard InChI is InChI=1S/C25H30N6O4/c1-16-20(6-7-21-22(16)14-35-25(21)33)23-12-29-8-9-30(11-19(29)13-34-23)24(32)10-17-2-4-18(5-3-17)31(27)15-28-26/h2-7,15,19,23H,8-14,26-27H2,1H3/b28-15-/t19-,23?/m0/s1. The van der Waals surface area contributed by atoms with E-state index in [1.165, 1.54) is 11.3 Å². The molecular formula is C25H30N6O4. The van der Waals surface area contributed by atoms with Crippen molar-refractivity contribution >= 4 is 23.9 Å². The van der Waals surface area contributed by atoms with Crippen LogP contribution in [0.15, 0.2) is 41.5 Å². The van der Waals surface area contributed by atoms with E-state index in [2.05, 4.69) is 10.0 Å². The number of ether oxygens (including phenoxy) is 2. The highest BCUT2D eigenvalue weighted by molar-refractivity contribution is 5.94. The predicted molar refractivity (Wildman–Crippen MR) is 130 cm³/mol. The lowest BCUT2D eigenvalue weighted by atomic mass is 9.94. The number of rotatable bonds is 5. The zero-order chi connectivity index (χ0) is 24.5. The van der Waals surface area contributed by atoms with Gasteiger partial charge in [-0.3, -0.25) is 14.7 Å². The molecule has 2 fully saturated rings. The molecule has 5 rings (SSSR count). The van der Waals surface area contributed by atoms with Crippen LogP contribution in [0, 0.1) is 6.92 Å². The van der Waals surface area contributed by atoms with E-state index < -0.39 is 0 Å². The number of amides is 1. The quantitative estimate of drug-likeness (QED) is 0.215. The van der Waals surface area contributed by atoms with Gasteiger partial charge in [0.15, 0.2) is 0 Å². The molecule has 3 heterocycles. The number of benzene rings is 2. The van der Waals surface area contributed by atoms with Gasteiger partial charge in [0.1, 0.15) is 12.9 Å². The molecule has 2 saturated heterocycles. The average Bonchev–Trinajstić information content (AvgIpc) is 3.25. The van der Waals surface area contributed by atoms with Crippen LogP contribution in [-0.4, -0.2) is 66.8 Å². The summed E-state index contributed by atoms with van der Waals surface area (Å²) in [5, 5.41) is 4.72. The molecule has 4 N–H and O–H groups in total. The first kappa shape index (κ1) is 23.3. The number of nitrogens with zero attached hydrogens (tertiary/aromatic N) is 4. The van der Waals surface area contributed by atoms with Gasteiger partial charge in [-0.25, -0.2) is 10.6 Å². The third-order valence-electron chi connectivity index (χ3n) is 7.18. The van der Waals surface area contributed by atoms with Gasteiger partial charge in [0.25, 0.3) is 0 Å². The number of morpholine rings is 1. The summed E-state index contributed by atoms with van der Waals surface area (Å²) in [7, 11) is 0. The van der Waals surface area contributed by atoms with Gasteiger partial charge in [0.2, 0.25) is 5.91 Å². The Hall–Kier alpha value is -3.47. The molecule has 0 saturated carbocycles. The van der Waals surface area contributed by atoms with Gasteiger partial charge in [-0.2, -0.15) is 5.10 Å².